The Morgan fingerprint density at radius 1 is 1.08 bits per heavy atom. The molecule has 0 atom stereocenters. The zero-order valence-corrected chi connectivity index (χ0v) is 17.2. The van der Waals surface area contributed by atoms with Crippen LogP contribution in [0.1, 0.15) is 31.9 Å². The van der Waals surface area contributed by atoms with Gasteiger partial charge in [0.15, 0.2) is 0 Å². The number of hydrogen-bond acceptors (Lipinski definition) is 2. The van der Waals surface area contributed by atoms with Crippen LogP contribution < -0.4 is 0 Å². The number of aryl methyl sites for hydroxylation is 1. The summed E-state index contributed by atoms with van der Waals surface area (Å²) in [6.45, 7) is 8.73. The van der Waals surface area contributed by atoms with E-state index in [1.807, 2.05) is 30.5 Å². The van der Waals surface area contributed by atoms with Gasteiger partial charge in [0.25, 0.3) is 0 Å². The van der Waals surface area contributed by atoms with Crippen molar-refractivity contribution < 1.29 is 24.5 Å². The van der Waals surface area contributed by atoms with E-state index < -0.39 is 0 Å². The summed E-state index contributed by atoms with van der Waals surface area (Å²) in [5, 5.41) is 2.30. The van der Waals surface area contributed by atoms with Crippen molar-refractivity contribution in [1.82, 2.24) is 4.98 Å². The van der Waals surface area contributed by atoms with Gasteiger partial charge in [0.2, 0.25) is 0 Å². The standard InChI is InChI=1S/C22H20NO.Ir/c1-14-9-10-16(18-13-15(11-12-23-18)22(2,3)4)21-20(14)17-7-5-6-8-19(17)24-21;/h5-9,11-13H,1-4H3;/q-1;. The first-order valence-corrected chi connectivity index (χ1v) is 8.24. The molecule has 0 saturated heterocycles. The molecule has 0 fully saturated rings. The third-order valence-corrected chi connectivity index (χ3v) is 4.53. The van der Waals surface area contributed by atoms with Crippen molar-refractivity contribution in [2.24, 2.45) is 0 Å². The van der Waals surface area contributed by atoms with Gasteiger partial charge in [-0.2, -0.15) is 0 Å². The largest absolute Gasteiger partial charge is 0.501 e. The molecule has 0 aliphatic carbocycles. The first-order chi connectivity index (χ1) is 11.4. The average Bonchev–Trinajstić information content (AvgIpc) is 2.95. The molecule has 129 valence electrons. The molecule has 4 rings (SSSR count). The summed E-state index contributed by atoms with van der Waals surface area (Å²) in [4.78, 5) is 4.58. The average molecular weight is 507 g/mol. The Balaban J connectivity index is 0.00000182. The minimum atomic E-state index is 0. The topological polar surface area (TPSA) is 26.0 Å². The Morgan fingerprint density at radius 2 is 1.84 bits per heavy atom. The summed E-state index contributed by atoms with van der Waals surface area (Å²) in [6, 6.07) is 17.8. The number of rotatable bonds is 1. The van der Waals surface area contributed by atoms with Gasteiger partial charge in [0, 0.05) is 31.7 Å². The third kappa shape index (κ3) is 3.03. The molecule has 2 nitrogen and oxygen atoms in total. The molecule has 0 amide bonds. The van der Waals surface area contributed by atoms with Gasteiger partial charge in [0.1, 0.15) is 5.58 Å². The van der Waals surface area contributed by atoms with Crippen molar-refractivity contribution in [1.29, 1.82) is 0 Å². The Hall–Kier alpha value is -1.96. The van der Waals surface area contributed by atoms with E-state index in [4.69, 9.17) is 4.42 Å². The van der Waals surface area contributed by atoms with Crippen LogP contribution in [0.4, 0.5) is 0 Å². The molecule has 0 saturated carbocycles. The SMILES string of the molecule is Cc1c[c-]c(-c2cc(C(C)(C)C)ccn2)c2oc3ccccc3c12.[Ir]. The molecule has 0 N–H and O–H groups in total. The van der Waals surface area contributed by atoms with Gasteiger partial charge in [-0.15, -0.1) is 17.7 Å². The molecule has 2 aromatic carbocycles. The van der Waals surface area contributed by atoms with Crippen molar-refractivity contribution in [3.05, 3.63) is 65.9 Å². The second-order valence-corrected chi connectivity index (χ2v) is 7.33. The van der Waals surface area contributed by atoms with E-state index in [-0.39, 0.29) is 25.5 Å². The fourth-order valence-electron chi connectivity index (χ4n) is 3.16. The number of aromatic nitrogens is 1. The van der Waals surface area contributed by atoms with Crippen LogP contribution in [0.2, 0.25) is 0 Å². The Bertz CT molecular complexity index is 1060. The molecule has 1 radical (unpaired) electrons. The van der Waals surface area contributed by atoms with Crippen LogP contribution in [0.15, 0.2) is 53.1 Å². The van der Waals surface area contributed by atoms with Crippen molar-refractivity contribution in [2.75, 3.05) is 0 Å². The van der Waals surface area contributed by atoms with E-state index in [0.29, 0.717) is 0 Å². The second-order valence-electron chi connectivity index (χ2n) is 7.33. The molecule has 3 heteroatoms. The zero-order valence-electron chi connectivity index (χ0n) is 14.8. The fourth-order valence-corrected chi connectivity index (χ4v) is 3.16. The number of fused-ring (bicyclic) bond motifs is 3. The van der Waals surface area contributed by atoms with Crippen LogP contribution in [0.3, 0.4) is 0 Å². The number of furan rings is 1. The number of nitrogens with zero attached hydrogens (tertiary/aromatic N) is 1. The van der Waals surface area contributed by atoms with Crippen LogP contribution >= 0.6 is 0 Å². The third-order valence-electron chi connectivity index (χ3n) is 4.53. The van der Waals surface area contributed by atoms with E-state index in [9.17, 15) is 0 Å². The van der Waals surface area contributed by atoms with E-state index in [2.05, 4.69) is 56.9 Å². The molecule has 0 aliphatic rings. The van der Waals surface area contributed by atoms with Gasteiger partial charge in [-0.1, -0.05) is 62.9 Å². The summed E-state index contributed by atoms with van der Waals surface area (Å²) in [6.07, 6.45) is 1.87. The molecule has 0 unspecified atom stereocenters. The molecule has 0 spiro atoms. The molecule has 0 bridgehead atoms. The van der Waals surface area contributed by atoms with Crippen LogP contribution in [0.5, 0.6) is 0 Å². The van der Waals surface area contributed by atoms with Crippen LogP contribution in [-0.2, 0) is 25.5 Å². The molecule has 2 aromatic heterocycles. The van der Waals surface area contributed by atoms with Gasteiger partial charge in [-0.25, -0.2) is 0 Å². The maximum absolute atomic E-state index is 6.17. The second kappa shape index (κ2) is 6.40. The minimum absolute atomic E-state index is 0. The van der Waals surface area contributed by atoms with Gasteiger partial charge < -0.3 is 9.40 Å². The minimum Gasteiger partial charge on any atom is -0.501 e. The van der Waals surface area contributed by atoms with Crippen LogP contribution in [-0.4, -0.2) is 4.98 Å². The molecule has 0 aliphatic heterocycles. The summed E-state index contributed by atoms with van der Waals surface area (Å²) >= 11 is 0. The van der Waals surface area contributed by atoms with Crippen molar-refractivity contribution in [3.8, 4) is 11.3 Å². The summed E-state index contributed by atoms with van der Waals surface area (Å²) in [5.74, 6) is 0. The summed E-state index contributed by atoms with van der Waals surface area (Å²) < 4.78 is 6.17. The maximum atomic E-state index is 6.17. The quantitative estimate of drug-likeness (QED) is 0.294. The number of hydrogen-bond donors (Lipinski definition) is 0. The molecular formula is C22H20IrNO-. The molecule has 4 aromatic rings. The predicted octanol–water partition coefficient (Wildman–Crippen LogP) is 6.05. The van der Waals surface area contributed by atoms with Crippen molar-refractivity contribution in [3.63, 3.8) is 0 Å². The Labute approximate surface area is 161 Å². The molecular weight excluding hydrogens is 486 g/mol. The smallest absolute Gasteiger partial charge is 0.120 e. The number of benzene rings is 2. The first kappa shape index (κ1) is 17.8. The summed E-state index contributed by atoms with van der Waals surface area (Å²) in [5.41, 5.74) is 6.12. The van der Waals surface area contributed by atoms with E-state index >= 15 is 0 Å². The van der Waals surface area contributed by atoms with Gasteiger partial charge in [-0.05, 0) is 28.8 Å². The maximum Gasteiger partial charge on any atom is 0.120 e. The Morgan fingerprint density at radius 3 is 2.60 bits per heavy atom. The van der Waals surface area contributed by atoms with Crippen molar-refractivity contribution in [2.45, 2.75) is 33.1 Å². The zero-order chi connectivity index (χ0) is 16.9. The monoisotopic (exact) mass is 507 g/mol. The normalized spacial score (nSPS) is 11.7. The number of para-hydroxylation sites is 1. The van der Waals surface area contributed by atoms with E-state index in [1.165, 1.54) is 11.1 Å². The van der Waals surface area contributed by atoms with Crippen LogP contribution in [0.25, 0.3) is 33.2 Å². The fraction of sp³-hybridized carbons (Fsp3) is 0.227. The van der Waals surface area contributed by atoms with Gasteiger partial charge in [-0.3, -0.25) is 0 Å². The van der Waals surface area contributed by atoms with E-state index in [0.717, 1.165) is 33.2 Å². The molecule has 25 heavy (non-hydrogen) atoms. The van der Waals surface area contributed by atoms with Gasteiger partial charge >= 0.3 is 0 Å². The predicted molar refractivity (Wildman–Crippen MR) is 99.2 cm³/mol. The first-order valence-electron chi connectivity index (χ1n) is 8.24. The Kier molecular flexibility index (Phi) is 4.57. The molecule has 2 heterocycles. The van der Waals surface area contributed by atoms with Crippen LogP contribution in [0, 0.1) is 13.0 Å². The number of pyridine rings is 1. The van der Waals surface area contributed by atoms with Gasteiger partial charge in [0.05, 0.1) is 5.58 Å². The van der Waals surface area contributed by atoms with E-state index in [1.54, 1.807) is 0 Å². The van der Waals surface area contributed by atoms with Crippen molar-refractivity contribution >= 4 is 21.9 Å². The summed E-state index contributed by atoms with van der Waals surface area (Å²) in [7, 11) is 0.